The van der Waals surface area contributed by atoms with Crippen LogP contribution in [0, 0.1) is 13.8 Å². The summed E-state index contributed by atoms with van der Waals surface area (Å²) < 4.78 is 0. The molecule has 1 amide bonds. The Morgan fingerprint density at radius 1 is 1.35 bits per heavy atom. The zero-order valence-electron chi connectivity index (χ0n) is 10.3. The Morgan fingerprint density at radius 2 is 2.06 bits per heavy atom. The summed E-state index contributed by atoms with van der Waals surface area (Å²) in [6, 6.07) is 5.81. The molecule has 0 fully saturated rings. The lowest BCUT2D eigenvalue weighted by molar-refractivity contribution is -0.117. The van der Waals surface area contributed by atoms with Crippen molar-refractivity contribution < 1.29 is 4.79 Å². The first-order valence-corrected chi connectivity index (χ1v) is 5.95. The van der Waals surface area contributed by atoms with Crippen molar-refractivity contribution in [3.8, 4) is 0 Å². The standard InChI is InChI=1S/C14H18N2O/c1-10-6-5-7-11(2)13(10)16-14(17)12-8-3-4-9-15-12/h3,5-8,12,15H,4,9H2,1-2H3,(H,16,17). The highest BCUT2D eigenvalue weighted by Gasteiger charge is 2.17. The second-order valence-corrected chi connectivity index (χ2v) is 4.40. The molecule has 17 heavy (non-hydrogen) atoms. The van der Waals surface area contributed by atoms with Crippen LogP contribution in [0.15, 0.2) is 30.4 Å². The van der Waals surface area contributed by atoms with Crippen molar-refractivity contribution in [2.75, 3.05) is 11.9 Å². The number of amides is 1. The first-order chi connectivity index (χ1) is 8.18. The molecule has 2 N–H and O–H groups in total. The summed E-state index contributed by atoms with van der Waals surface area (Å²) in [4.78, 5) is 12.0. The number of para-hydroxylation sites is 1. The Labute approximate surface area is 102 Å². The summed E-state index contributed by atoms with van der Waals surface area (Å²) in [5, 5.41) is 6.17. The van der Waals surface area contributed by atoms with Crippen molar-refractivity contribution in [3.05, 3.63) is 41.5 Å². The van der Waals surface area contributed by atoms with Gasteiger partial charge in [-0.25, -0.2) is 0 Å². The lowest BCUT2D eigenvalue weighted by Gasteiger charge is -2.19. The van der Waals surface area contributed by atoms with Gasteiger partial charge in [0.05, 0.1) is 0 Å². The van der Waals surface area contributed by atoms with Crippen molar-refractivity contribution in [1.29, 1.82) is 0 Å². The van der Waals surface area contributed by atoms with Gasteiger partial charge in [-0.15, -0.1) is 0 Å². The van der Waals surface area contributed by atoms with E-state index in [2.05, 4.69) is 10.6 Å². The van der Waals surface area contributed by atoms with Crippen molar-refractivity contribution in [2.24, 2.45) is 0 Å². The molecule has 1 aliphatic heterocycles. The van der Waals surface area contributed by atoms with Crippen molar-refractivity contribution in [3.63, 3.8) is 0 Å². The Kier molecular flexibility index (Phi) is 3.59. The number of hydrogen-bond acceptors (Lipinski definition) is 2. The Bertz CT molecular complexity index is 431. The Hall–Kier alpha value is -1.61. The predicted molar refractivity (Wildman–Crippen MR) is 70.1 cm³/mol. The SMILES string of the molecule is Cc1cccc(C)c1NC(=O)C1C=CCCN1. The van der Waals surface area contributed by atoms with E-state index in [1.165, 1.54) is 0 Å². The fourth-order valence-corrected chi connectivity index (χ4v) is 2.02. The zero-order chi connectivity index (χ0) is 12.3. The number of carbonyl (C=O) groups is 1. The summed E-state index contributed by atoms with van der Waals surface area (Å²) in [7, 11) is 0. The summed E-state index contributed by atoms with van der Waals surface area (Å²) in [5.74, 6) is 0.0124. The van der Waals surface area contributed by atoms with E-state index < -0.39 is 0 Å². The van der Waals surface area contributed by atoms with E-state index in [9.17, 15) is 4.79 Å². The maximum absolute atomic E-state index is 12.0. The summed E-state index contributed by atoms with van der Waals surface area (Å²) in [6.45, 7) is 4.88. The molecule has 3 heteroatoms. The highest BCUT2D eigenvalue weighted by molar-refractivity contribution is 5.97. The second kappa shape index (κ2) is 5.15. The minimum absolute atomic E-state index is 0.0124. The Morgan fingerprint density at radius 3 is 2.65 bits per heavy atom. The number of rotatable bonds is 2. The van der Waals surface area contributed by atoms with Gasteiger partial charge < -0.3 is 10.6 Å². The first-order valence-electron chi connectivity index (χ1n) is 5.95. The molecule has 90 valence electrons. The molecule has 3 nitrogen and oxygen atoms in total. The lowest BCUT2D eigenvalue weighted by atomic mass is 10.1. The van der Waals surface area contributed by atoms with Crippen LogP contribution < -0.4 is 10.6 Å². The van der Waals surface area contributed by atoms with Crippen LogP contribution in [0.3, 0.4) is 0 Å². The molecule has 0 saturated carbocycles. The van der Waals surface area contributed by atoms with E-state index in [1.54, 1.807) is 0 Å². The maximum Gasteiger partial charge on any atom is 0.245 e. The molecule has 2 rings (SSSR count). The summed E-state index contributed by atoms with van der Waals surface area (Å²) in [5.41, 5.74) is 3.12. The minimum atomic E-state index is -0.206. The van der Waals surface area contributed by atoms with Crippen LogP contribution in [0.1, 0.15) is 17.5 Å². The topological polar surface area (TPSA) is 41.1 Å². The number of hydrogen-bond donors (Lipinski definition) is 2. The normalized spacial score (nSPS) is 19.1. The quantitative estimate of drug-likeness (QED) is 0.764. The highest BCUT2D eigenvalue weighted by atomic mass is 16.2. The van der Waals surface area contributed by atoms with Crippen LogP contribution in [0.4, 0.5) is 5.69 Å². The number of anilines is 1. The first kappa shape index (κ1) is 11.9. The molecular weight excluding hydrogens is 212 g/mol. The number of nitrogens with one attached hydrogen (secondary N) is 2. The molecule has 1 aliphatic rings. The third-order valence-electron chi connectivity index (χ3n) is 3.02. The van der Waals surface area contributed by atoms with Gasteiger partial charge >= 0.3 is 0 Å². The molecule has 0 spiro atoms. The van der Waals surface area contributed by atoms with E-state index >= 15 is 0 Å². The minimum Gasteiger partial charge on any atom is -0.324 e. The van der Waals surface area contributed by atoms with Crippen LogP contribution in [0.25, 0.3) is 0 Å². The molecule has 0 bridgehead atoms. The van der Waals surface area contributed by atoms with Crippen LogP contribution in [-0.2, 0) is 4.79 Å². The van der Waals surface area contributed by atoms with Gasteiger partial charge in [-0.3, -0.25) is 4.79 Å². The van der Waals surface area contributed by atoms with Gasteiger partial charge in [0.1, 0.15) is 6.04 Å². The van der Waals surface area contributed by atoms with Gasteiger partial charge in [-0.05, 0) is 37.9 Å². The zero-order valence-corrected chi connectivity index (χ0v) is 10.3. The molecule has 0 saturated heterocycles. The summed E-state index contributed by atoms with van der Waals surface area (Å²) >= 11 is 0. The average molecular weight is 230 g/mol. The molecule has 1 aromatic rings. The summed E-state index contributed by atoms with van der Waals surface area (Å²) in [6.07, 6.45) is 4.96. The molecule has 1 unspecified atom stereocenters. The second-order valence-electron chi connectivity index (χ2n) is 4.40. The Balaban J connectivity index is 2.12. The van der Waals surface area contributed by atoms with Crippen molar-refractivity contribution >= 4 is 11.6 Å². The molecule has 0 aliphatic carbocycles. The smallest absolute Gasteiger partial charge is 0.245 e. The molecule has 1 atom stereocenters. The monoisotopic (exact) mass is 230 g/mol. The third-order valence-corrected chi connectivity index (χ3v) is 3.02. The van der Waals surface area contributed by atoms with Crippen LogP contribution >= 0.6 is 0 Å². The number of aryl methyl sites for hydroxylation is 2. The van der Waals surface area contributed by atoms with Gasteiger partial charge in [0, 0.05) is 5.69 Å². The van der Waals surface area contributed by atoms with E-state index in [-0.39, 0.29) is 11.9 Å². The van der Waals surface area contributed by atoms with Gasteiger partial charge in [0.15, 0.2) is 0 Å². The third kappa shape index (κ3) is 2.74. The van der Waals surface area contributed by atoms with Gasteiger partial charge in [0.2, 0.25) is 5.91 Å². The van der Waals surface area contributed by atoms with Crippen molar-refractivity contribution in [2.45, 2.75) is 26.3 Å². The molecule has 1 aromatic carbocycles. The van der Waals surface area contributed by atoms with Crippen molar-refractivity contribution in [1.82, 2.24) is 5.32 Å². The van der Waals surface area contributed by atoms with Crippen LogP contribution in [-0.4, -0.2) is 18.5 Å². The van der Waals surface area contributed by atoms with E-state index in [0.717, 1.165) is 29.8 Å². The molecule has 0 radical (unpaired) electrons. The molecule has 1 heterocycles. The van der Waals surface area contributed by atoms with Gasteiger partial charge in [0.25, 0.3) is 0 Å². The van der Waals surface area contributed by atoms with E-state index in [1.807, 2.05) is 44.2 Å². The van der Waals surface area contributed by atoms with E-state index in [4.69, 9.17) is 0 Å². The number of benzene rings is 1. The fourth-order valence-electron chi connectivity index (χ4n) is 2.02. The van der Waals surface area contributed by atoms with Gasteiger partial charge in [-0.2, -0.15) is 0 Å². The molecular formula is C14H18N2O. The fraction of sp³-hybridized carbons (Fsp3) is 0.357. The maximum atomic E-state index is 12.0. The highest BCUT2D eigenvalue weighted by Crippen LogP contribution is 2.19. The van der Waals surface area contributed by atoms with Gasteiger partial charge in [-0.1, -0.05) is 30.4 Å². The van der Waals surface area contributed by atoms with Crippen LogP contribution in [0.2, 0.25) is 0 Å². The average Bonchev–Trinajstić information content (AvgIpc) is 2.35. The predicted octanol–water partition coefficient (Wildman–Crippen LogP) is 2.16. The van der Waals surface area contributed by atoms with E-state index in [0.29, 0.717) is 0 Å². The number of carbonyl (C=O) groups excluding carboxylic acids is 1. The largest absolute Gasteiger partial charge is 0.324 e. The molecule has 0 aromatic heterocycles. The lowest BCUT2D eigenvalue weighted by Crippen LogP contribution is -2.41. The van der Waals surface area contributed by atoms with Crippen LogP contribution in [0.5, 0.6) is 0 Å².